The number of carbonyl (C=O) groups is 1. The minimum atomic E-state index is -0.360. The molecular formula is C27H29FN6O4S. The van der Waals surface area contributed by atoms with Crippen LogP contribution < -0.4 is 20.1 Å². The van der Waals surface area contributed by atoms with Crippen molar-refractivity contribution in [2.75, 3.05) is 57.2 Å². The van der Waals surface area contributed by atoms with Crippen LogP contribution in [0.15, 0.2) is 48.1 Å². The maximum atomic E-state index is 13.1. The zero-order valence-corrected chi connectivity index (χ0v) is 22.3. The van der Waals surface area contributed by atoms with Gasteiger partial charge < -0.3 is 24.8 Å². The predicted molar refractivity (Wildman–Crippen MR) is 148 cm³/mol. The van der Waals surface area contributed by atoms with Crippen molar-refractivity contribution in [3.8, 4) is 11.5 Å². The summed E-state index contributed by atoms with van der Waals surface area (Å²) in [5.74, 6) is 1.17. The van der Waals surface area contributed by atoms with Crippen LogP contribution in [0.4, 0.5) is 21.0 Å². The van der Waals surface area contributed by atoms with Gasteiger partial charge in [-0.1, -0.05) is 0 Å². The van der Waals surface area contributed by atoms with E-state index in [-0.39, 0.29) is 18.1 Å². The van der Waals surface area contributed by atoms with E-state index in [1.165, 1.54) is 41.9 Å². The van der Waals surface area contributed by atoms with Crippen molar-refractivity contribution in [1.82, 2.24) is 19.9 Å². The molecule has 12 heteroatoms. The quantitative estimate of drug-likeness (QED) is 0.264. The monoisotopic (exact) mass is 552 g/mol. The summed E-state index contributed by atoms with van der Waals surface area (Å²) in [6.45, 7) is 4.99. The Bertz CT molecular complexity index is 1410. The van der Waals surface area contributed by atoms with E-state index in [4.69, 9.17) is 14.2 Å². The van der Waals surface area contributed by atoms with E-state index in [9.17, 15) is 9.18 Å². The van der Waals surface area contributed by atoms with Crippen LogP contribution in [0.1, 0.15) is 12.1 Å². The number of hydrogen-bond acceptors (Lipinski definition) is 10. The fourth-order valence-electron chi connectivity index (χ4n) is 4.18. The molecule has 0 bridgehead atoms. The van der Waals surface area contributed by atoms with E-state index < -0.39 is 0 Å². The summed E-state index contributed by atoms with van der Waals surface area (Å²) in [7, 11) is 1.60. The van der Waals surface area contributed by atoms with Crippen molar-refractivity contribution in [2.45, 2.75) is 12.8 Å². The number of aromatic nitrogens is 3. The lowest BCUT2D eigenvalue weighted by Crippen LogP contribution is -2.37. The molecule has 1 aliphatic heterocycles. The summed E-state index contributed by atoms with van der Waals surface area (Å²) < 4.78 is 30.1. The van der Waals surface area contributed by atoms with Crippen molar-refractivity contribution < 1.29 is 23.4 Å². The first-order valence-electron chi connectivity index (χ1n) is 12.6. The number of ether oxygens (including phenoxy) is 3. The molecule has 204 valence electrons. The molecule has 2 aromatic heterocycles. The molecule has 0 radical (unpaired) electrons. The zero-order chi connectivity index (χ0) is 27.0. The topological polar surface area (TPSA) is 111 Å². The van der Waals surface area contributed by atoms with Crippen molar-refractivity contribution in [3.63, 3.8) is 0 Å². The summed E-state index contributed by atoms with van der Waals surface area (Å²) in [6, 6.07) is 9.31. The molecule has 3 heterocycles. The lowest BCUT2D eigenvalue weighted by Gasteiger charge is -2.26. The number of fused-ring (bicyclic) bond motifs is 1. The van der Waals surface area contributed by atoms with E-state index in [1.807, 2.05) is 12.1 Å². The molecule has 1 amide bonds. The molecule has 0 unspecified atom stereocenters. The molecule has 1 aliphatic rings. The maximum absolute atomic E-state index is 13.1. The molecular weight excluding hydrogens is 523 g/mol. The van der Waals surface area contributed by atoms with E-state index in [0.29, 0.717) is 46.0 Å². The molecule has 2 aromatic carbocycles. The van der Waals surface area contributed by atoms with Crippen LogP contribution in [-0.2, 0) is 16.0 Å². The van der Waals surface area contributed by atoms with Crippen LogP contribution in [0.25, 0.3) is 10.9 Å². The van der Waals surface area contributed by atoms with Crippen LogP contribution in [-0.4, -0.2) is 72.3 Å². The smallest absolute Gasteiger partial charge is 0.230 e. The second-order valence-corrected chi connectivity index (χ2v) is 9.76. The molecule has 0 atom stereocenters. The summed E-state index contributed by atoms with van der Waals surface area (Å²) in [6.07, 6.45) is 2.45. The second-order valence-electron chi connectivity index (χ2n) is 8.90. The van der Waals surface area contributed by atoms with Crippen LogP contribution in [0.5, 0.6) is 11.5 Å². The van der Waals surface area contributed by atoms with Gasteiger partial charge in [0.1, 0.15) is 18.0 Å². The summed E-state index contributed by atoms with van der Waals surface area (Å²) in [5.41, 5.74) is 1.83. The number of amides is 1. The van der Waals surface area contributed by atoms with Gasteiger partial charge in [-0.3, -0.25) is 9.69 Å². The van der Waals surface area contributed by atoms with Crippen molar-refractivity contribution in [2.24, 2.45) is 0 Å². The van der Waals surface area contributed by atoms with Crippen molar-refractivity contribution in [1.29, 1.82) is 0 Å². The van der Waals surface area contributed by atoms with Gasteiger partial charge in [-0.05, 0) is 36.8 Å². The Morgan fingerprint density at radius 3 is 2.77 bits per heavy atom. The first-order chi connectivity index (χ1) is 19.1. The molecule has 0 saturated carbocycles. The zero-order valence-electron chi connectivity index (χ0n) is 21.5. The SMILES string of the molecule is COc1cc2c(Nc3nc(CC(=O)Nc4ccc(F)cc4)cs3)ncnc2cc1OCCCN1CCOCC1. The average molecular weight is 553 g/mol. The number of rotatable bonds is 11. The Morgan fingerprint density at radius 1 is 1.15 bits per heavy atom. The number of benzene rings is 2. The number of morpholine rings is 1. The van der Waals surface area contributed by atoms with E-state index in [0.717, 1.165) is 44.7 Å². The van der Waals surface area contributed by atoms with Gasteiger partial charge in [0.2, 0.25) is 5.91 Å². The van der Waals surface area contributed by atoms with Crippen LogP contribution in [0.2, 0.25) is 0 Å². The Morgan fingerprint density at radius 2 is 1.97 bits per heavy atom. The second kappa shape index (κ2) is 12.8. The maximum Gasteiger partial charge on any atom is 0.230 e. The van der Waals surface area contributed by atoms with Gasteiger partial charge in [-0.15, -0.1) is 11.3 Å². The molecule has 2 N–H and O–H groups in total. The standard InChI is InChI=1S/C27H29FN6O4S/c1-36-23-14-21-22(15-24(23)38-10-2-7-34-8-11-37-12-9-34)29-17-30-26(21)33-27-32-20(16-39-27)13-25(35)31-19-5-3-18(28)4-6-19/h3-6,14-17H,2,7-13H2,1H3,(H,31,35)(H,29,30,32,33). The third-order valence-electron chi connectivity index (χ3n) is 6.15. The van der Waals surface area contributed by atoms with Crippen molar-refractivity contribution >= 4 is 44.8 Å². The van der Waals surface area contributed by atoms with Gasteiger partial charge in [0.25, 0.3) is 0 Å². The highest BCUT2D eigenvalue weighted by Gasteiger charge is 2.15. The number of anilines is 3. The number of halogens is 1. The first kappa shape index (κ1) is 26.7. The number of nitrogens with zero attached hydrogens (tertiary/aromatic N) is 4. The number of thiazole rings is 1. The third-order valence-corrected chi connectivity index (χ3v) is 6.95. The minimum Gasteiger partial charge on any atom is -0.493 e. The van der Waals surface area contributed by atoms with Gasteiger partial charge >= 0.3 is 0 Å². The molecule has 1 saturated heterocycles. The summed E-state index contributed by atoms with van der Waals surface area (Å²) >= 11 is 1.36. The van der Waals surface area contributed by atoms with Gasteiger partial charge in [0.15, 0.2) is 16.6 Å². The number of carbonyl (C=O) groups excluding carboxylic acids is 1. The van der Waals surface area contributed by atoms with Crippen molar-refractivity contribution in [3.05, 3.63) is 59.6 Å². The molecule has 0 spiro atoms. The lowest BCUT2D eigenvalue weighted by molar-refractivity contribution is -0.115. The first-order valence-corrected chi connectivity index (χ1v) is 13.5. The molecule has 4 aromatic rings. The Labute approximate surface area is 229 Å². The van der Waals surface area contributed by atoms with E-state index in [1.54, 1.807) is 12.5 Å². The fourth-order valence-corrected chi connectivity index (χ4v) is 4.89. The van der Waals surface area contributed by atoms with Crippen LogP contribution in [0.3, 0.4) is 0 Å². The molecule has 5 rings (SSSR count). The van der Waals surface area contributed by atoms with E-state index in [2.05, 4.69) is 30.5 Å². The largest absolute Gasteiger partial charge is 0.493 e. The van der Waals surface area contributed by atoms with E-state index >= 15 is 0 Å². The summed E-state index contributed by atoms with van der Waals surface area (Å²) in [4.78, 5) is 28.1. The Hall–Kier alpha value is -3.87. The van der Waals surface area contributed by atoms with Gasteiger partial charge in [0, 0.05) is 42.2 Å². The highest BCUT2D eigenvalue weighted by Crippen LogP contribution is 2.35. The van der Waals surface area contributed by atoms with Gasteiger partial charge in [0.05, 0.1) is 44.6 Å². The van der Waals surface area contributed by atoms with Crippen LogP contribution >= 0.6 is 11.3 Å². The lowest BCUT2D eigenvalue weighted by atomic mass is 10.2. The highest BCUT2D eigenvalue weighted by atomic mass is 32.1. The fraction of sp³-hybridized carbons (Fsp3) is 0.333. The normalized spacial score (nSPS) is 13.8. The number of nitrogens with one attached hydrogen (secondary N) is 2. The predicted octanol–water partition coefficient (Wildman–Crippen LogP) is 4.26. The molecule has 10 nitrogen and oxygen atoms in total. The molecule has 0 aliphatic carbocycles. The Kier molecular flexibility index (Phi) is 8.76. The molecule has 1 fully saturated rings. The number of methoxy groups -OCH3 is 1. The highest BCUT2D eigenvalue weighted by molar-refractivity contribution is 7.13. The Balaban J connectivity index is 1.21. The third kappa shape index (κ3) is 7.16. The number of hydrogen-bond donors (Lipinski definition) is 2. The van der Waals surface area contributed by atoms with Crippen LogP contribution in [0, 0.1) is 5.82 Å². The summed E-state index contributed by atoms with van der Waals surface area (Å²) in [5, 5.41) is 9.11. The van der Waals surface area contributed by atoms with Gasteiger partial charge in [-0.2, -0.15) is 0 Å². The molecule has 39 heavy (non-hydrogen) atoms. The van der Waals surface area contributed by atoms with Gasteiger partial charge in [-0.25, -0.2) is 19.3 Å². The minimum absolute atomic E-state index is 0.0835. The average Bonchev–Trinajstić information content (AvgIpc) is 3.39.